The van der Waals surface area contributed by atoms with E-state index >= 15 is 0 Å². The highest BCUT2D eigenvalue weighted by molar-refractivity contribution is 6.30. The summed E-state index contributed by atoms with van der Waals surface area (Å²) in [5.41, 5.74) is 1.67. The molecule has 0 aromatic heterocycles. The molecule has 0 aliphatic carbocycles. The zero-order chi connectivity index (χ0) is 18.0. The maximum absolute atomic E-state index is 12.7. The van der Waals surface area contributed by atoms with Crippen LogP contribution in [0.25, 0.3) is 0 Å². The van der Waals surface area contributed by atoms with E-state index in [1.165, 1.54) is 6.07 Å². The molecular weight excluding hydrogens is 342 g/mol. The molecule has 2 aromatic rings. The van der Waals surface area contributed by atoms with E-state index in [4.69, 9.17) is 11.6 Å². The van der Waals surface area contributed by atoms with Gasteiger partial charge in [0.15, 0.2) is 17.4 Å². The second-order valence-corrected chi connectivity index (χ2v) is 6.65. The zero-order valence-corrected chi connectivity index (χ0v) is 14.5. The number of hydroxylamine groups is 2. The maximum Gasteiger partial charge on any atom is 0.285 e. The molecular formula is C18H20ClN3O3. The van der Waals surface area contributed by atoms with Gasteiger partial charge in [-0.25, -0.2) is 0 Å². The van der Waals surface area contributed by atoms with Crippen LogP contribution in [-0.2, 0) is 11.2 Å². The smallest absolute Gasteiger partial charge is 0.285 e. The van der Waals surface area contributed by atoms with Gasteiger partial charge in [-0.15, -0.1) is 0 Å². The summed E-state index contributed by atoms with van der Waals surface area (Å²) < 4.78 is 0. The van der Waals surface area contributed by atoms with Crippen molar-refractivity contribution in [3.63, 3.8) is 0 Å². The molecule has 3 rings (SSSR count). The van der Waals surface area contributed by atoms with Crippen molar-refractivity contribution in [3.8, 4) is 0 Å². The first-order valence-electron chi connectivity index (χ1n) is 8.18. The zero-order valence-electron chi connectivity index (χ0n) is 13.8. The molecule has 0 fully saturated rings. The second-order valence-electron chi connectivity index (χ2n) is 6.21. The van der Waals surface area contributed by atoms with E-state index in [1.54, 1.807) is 19.1 Å². The number of carbonyl (C=O) groups is 1. The van der Waals surface area contributed by atoms with E-state index in [0.29, 0.717) is 23.7 Å². The number of halogens is 1. The fourth-order valence-electron chi connectivity index (χ4n) is 3.16. The largest absolute Gasteiger partial charge is 0.628 e. The Labute approximate surface area is 151 Å². The van der Waals surface area contributed by atoms with Crippen molar-refractivity contribution in [3.05, 3.63) is 69.5 Å². The molecule has 3 N–H and O–H groups in total. The van der Waals surface area contributed by atoms with Gasteiger partial charge >= 0.3 is 0 Å². The third-order valence-electron chi connectivity index (χ3n) is 4.55. The van der Waals surface area contributed by atoms with E-state index in [1.807, 2.05) is 30.3 Å². The summed E-state index contributed by atoms with van der Waals surface area (Å²) in [5, 5.41) is 27.8. The van der Waals surface area contributed by atoms with Crippen LogP contribution >= 0.6 is 11.6 Å². The van der Waals surface area contributed by atoms with Crippen LogP contribution in [0.15, 0.2) is 48.5 Å². The molecule has 0 bridgehead atoms. The lowest BCUT2D eigenvalue weighted by atomic mass is 10.0. The molecule has 1 heterocycles. The Morgan fingerprint density at radius 3 is 2.56 bits per heavy atom. The molecule has 132 valence electrons. The van der Waals surface area contributed by atoms with Crippen LogP contribution in [0.4, 0.5) is 11.4 Å². The molecule has 6 nitrogen and oxygen atoms in total. The predicted molar refractivity (Wildman–Crippen MR) is 95.8 cm³/mol. The van der Waals surface area contributed by atoms with Gasteiger partial charge in [0.05, 0.1) is 0 Å². The van der Waals surface area contributed by atoms with Crippen LogP contribution in [0, 0.1) is 10.4 Å². The fraction of sp³-hybridized carbons (Fsp3) is 0.278. The first kappa shape index (κ1) is 17.8. The summed E-state index contributed by atoms with van der Waals surface area (Å²) in [5.74, 6) is -0.410. The van der Waals surface area contributed by atoms with E-state index < -0.39 is 18.0 Å². The normalized spacial score (nSPS) is 25.3. The minimum absolute atomic E-state index is 0.200. The van der Waals surface area contributed by atoms with E-state index in [-0.39, 0.29) is 15.8 Å². The Morgan fingerprint density at radius 1 is 1.12 bits per heavy atom. The summed E-state index contributed by atoms with van der Waals surface area (Å²) >= 11 is 5.94. The van der Waals surface area contributed by atoms with Crippen LogP contribution in [0.3, 0.4) is 0 Å². The van der Waals surface area contributed by atoms with E-state index in [0.717, 1.165) is 5.56 Å². The van der Waals surface area contributed by atoms with Crippen molar-refractivity contribution in [2.24, 2.45) is 0 Å². The number of quaternary nitrogens is 2. The highest BCUT2D eigenvalue weighted by atomic mass is 35.5. The van der Waals surface area contributed by atoms with Crippen LogP contribution in [0.2, 0.25) is 5.02 Å². The van der Waals surface area contributed by atoms with Crippen molar-refractivity contribution < 1.29 is 14.9 Å². The van der Waals surface area contributed by atoms with Crippen molar-refractivity contribution in [2.45, 2.75) is 25.4 Å². The number of hydrogen-bond acceptors (Lipinski definition) is 3. The van der Waals surface area contributed by atoms with Crippen molar-refractivity contribution in [1.29, 1.82) is 0 Å². The van der Waals surface area contributed by atoms with Gasteiger partial charge in [0, 0.05) is 23.7 Å². The van der Waals surface area contributed by atoms with Crippen LogP contribution < -0.4 is 15.4 Å². The van der Waals surface area contributed by atoms with Crippen LogP contribution in [0.1, 0.15) is 12.5 Å². The topological polar surface area (TPSA) is 84.1 Å². The highest BCUT2D eigenvalue weighted by Gasteiger charge is 2.43. The number of fused-ring (bicyclic) bond motifs is 1. The lowest BCUT2D eigenvalue weighted by Crippen LogP contribution is -3.23. The average Bonchev–Trinajstić information content (AvgIpc) is 2.61. The van der Waals surface area contributed by atoms with Crippen molar-refractivity contribution in [1.82, 2.24) is 5.32 Å². The van der Waals surface area contributed by atoms with Gasteiger partial charge in [0.2, 0.25) is 6.04 Å². The van der Waals surface area contributed by atoms with Crippen LogP contribution in [0.5, 0.6) is 0 Å². The van der Waals surface area contributed by atoms with E-state index in [9.17, 15) is 15.2 Å². The minimum atomic E-state index is -1.01. The third kappa shape index (κ3) is 3.68. The Bertz CT molecular complexity index is 756. The quantitative estimate of drug-likeness (QED) is 0.693. The van der Waals surface area contributed by atoms with Gasteiger partial charge < -0.3 is 25.9 Å². The number of hydrogen-bond donors (Lipinski definition) is 3. The number of benzene rings is 2. The molecule has 7 heteroatoms. The Hall–Kier alpha value is -1.96. The lowest BCUT2D eigenvalue weighted by Gasteiger charge is -2.43. The number of amides is 1. The predicted octanol–water partition coefficient (Wildman–Crippen LogP) is 0.498. The first-order valence-corrected chi connectivity index (χ1v) is 8.56. The van der Waals surface area contributed by atoms with Gasteiger partial charge in [0.25, 0.3) is 5.91 Å². The van der Waals surface area contributed by atoms with Gasteiger partial charge in [-0.05, 0) is 25.0 Å². The van der Waals surface area contributed by atoms with Crippen molar-refractivity contribution >= 4 is 28.9 Å². The SMILES string of the molecule is CC1C(C(=O)NCCc2ccccc2)[NH+]([O-])c2cc(Cl)ccc2[NH+]1[O-]. The second kappa shape index (κ2) is 7.51. The molecule has 25 heavy (non-hydrogen) atoms. The highest BCUT2D eigenvalue weighted by Crippen LogP contribution is 2.22. The molecule has 0 saturated heterocycles. The maximum atomic E-state index is 12.7. The van der Waals surface area contributed by atoms with Gasteiger partial charge in [-0.1, -0.05) is 41.9 Å². The molecule has 0 saturated carbocycles. The molecule has 1 aliphatic heterocycles. The summed E-state index contributed by atoms with van der Waals surface area (Å²) in [6, 6.07) is 12.7. The van der Waals surface area contributed by atoms with Crippen LogP contribution in [-0.4, -0.2) is 24.5 Å². The molecule has 4 atom stereocenters. The molecule has 0 radical (unpaired) electrons. The summed E-state index contributed by atoms with van der Waals surface area (Å²) in [6.07, 6.45) is 0.665. The number of rotatable bonds is 4. The summed E-state index contributed by atoms with van der Waals surface area (Å²) in [4.78, 5) is 12.5. The Kier molecular flexibility index (Phi) is 5.36. The monoisotopic (exact) mass is 361 g/mol. The average molecular weight is 362 g/mol. The van der Waals surface area contributed by atoms with Gasteiger partial charge in [0.1, 0.15) is 0 Å². The molecule has 0 spiro atoms. The minimum Gasteiger partial charge on any atom is -0.628 e. The lowest BCUT2D eigenvalue weighted by molar-refractivity contribution is -0.903. The third-order valence-corrected chi connectivity index (χ3v) is 4.78. The summed E-state index contributed by atoms with van der Waals surface area (Å²) in [7, 11) is 0. The van der Waals surface area contributed by atoms with Crippen molar-refractivity contribution in [2.75, 3.05) is 6.54 Å². The standard InChI is InChI=1S/C18H20ClN3O3/c1-12-17(18(23)20-10-9-13-5-3-2-4-6-13)22(25)16-11-14(19)7-8-15(16)21(12)24/h2-8,11-12,17,21-22H,9-10H2,1H3,(H,20,23). The summed E-state index contributed by atoms with van der Waals surface area (Å²) in [6.45, 7) is 2.04. The molecule has 2 aromatic carbocycles. The molecule has 4 unspecified atom stereocenters. The molecule has 1 aliphatic rings. The number of nitrogens with one attached hydrogen (secondary N) is 3. The fourth-order valence-corrected chi connectivity index (χ4v) is 3.33. The first-order chi connectivity index (χ1) is 12.0. The number of carbonyl (C=O) groups excluding carboxylic acids is 1. The van der Waals surface area contributed by atoms with Gasteiger partial charge in [-0.3, -0.25) is 4.79 Å². The van der Waals surface area contributed by atoms with E-state index in [2.05, 4.69) is 5.32 Å². The van der Waals surface area contributed by atoms with Gasteiger partial charge in [-0.2, -0.15) is 0 Å². The Balaban J connectivity index is 1.71. The molecule has 1 amide bonds. The Morgan fingerprint density at radius 2 is 1.84 bits per heavy atom.